The van der Waals surface area contributed by atoms with Crippen LogP contribution in [0.1, 0.15) is 45.7 Å². The van der Waals surface area contributed by atoms with Gasteiger partial charge in [-0.2, -0.15) is 31.4 Å². The Hall–Kier alpha value is -3.50. The van der Waals surface area contributed by atoms with E-state index in [1.54, 1.807) is 24.3 Å². The maximum atomic E-state index is 13.8. The van der Waals surface area contributed by atoms with E-state index in [0.29, 0.717) is 10.2 Å². The molecule has 2 heterocycles. The summed E-state index contributed by atoms with van der Waals surface area (Å²) in [5.41, 5.74) is 0.134. The summed E-state index contributed by atoms with van der Waals surface area (Å²) in [7, 11) is 0. The van der Waals surface area contributed by atoms with Gasteiger partial charge >= 0.3 is 12.4 Å². The van der Waals surface area contributed by atoms with Crippen LogP contribution in [0, 0.1) is 6.92 Å². The smallest absolute Gasteiger partial charge is 0.363 e. The summed E-state index contributed by atoms with van der Waals surface area (Å²) >= 11 is 0. The van der Waals surface area contributed by atoms with Gasteiger partial charge in [-0.25, -0.2) is 4.68 Å². The molecule has 0 unspecified atom stereocenters. The second kappa shape index (κ2) is 8.13. The van der Waals surface area contributed by atoms with Crippen LogP contribution in [0.25, 0.3) is 0 Å². The lowest BCUT2D eigenvalue weighted by Crippen LogP contribution is -2.35. The maximum Gasteiger partial charge on any atom is 0.416 e. The fraction of sp³-hybridized carbons (Fsp3) is 0.273. The molecule has 2 atom stereocenters. The van der Waals surface area contributed by atoms with E-state index < -0.39 is 35.9 Å². The summed E-state index contributed by atoms with van der Waals surface area (Å²) in [6, 6.07) is 9.49. The molecule has 3 aromatic rings. The molecule has 0 radical (unpaired) electrons. The monoisotopic (exact) mass is 468 g/mol. The van der Waals surface area contributed by atoms with Crippen LogP contribution in [0.4, 0.5) is 37.8 Å². The van der Waals surface area contributed by atoms with Gasteiger partial charge in [0.15, 0.2) is 11.7 Å². The van der Waals surface area contributed by atoms with E-state index in [9.17, 15) is 31.1 Å². The van der Waals surface area contributed by atoms with E-state index in [2.05, 4.69) is 15.7 Å². The number of nitrogens with one attached hydrogen (secondary N) is 2. The number of aromatic nitrogens is 2. The number of benzene rings is 2. The second-order valence-electron chi connectivity index (χ2n) is 7.79. The molecular weight excluding hydrogens is 450 g/mol. The van der Waals surface area contributed by atoms with Crippen molar-refractivity contribution in [3.8, 4) is 0 Å². The van der Waals surface area contributed by atoms with Crippen molar-refractivity contribution in [2.45, 2.75) is 37.8 Å². The van der Waals surface area contributed by atoms with Crippen LogP contribution in [0.3, 0.4) is 0 Å². The van der Waals surface area contributed by atoms with E-state index in [1.165, 1.54) is 6.07 Å². The molecule has 0 fully saturated rings. The second-order valence-corrected chi connectivity index (χ2v) is 7.79. The van der Waals surface area contributed by atoms with Crippen LogP contribution < -0.4 is 10.6 Å². The van der Waals surface area contributed by atoms with Gasteiger partial charge in [-0.15, -0.1) is 0 Å². The van der Waals surface area contributed by atoms with Crippen LogP contribution in [-0.4, -0.2) is 21.9 Å². The number of fused-ring (bicyclic) bond motifs is 1. The van der Waals surface area contributed by atoms with Crippen LogP contribution in [0.2, 0.25) is 0 Å². The highest BCUT2D eigenvalue weighted by atomic mass is 19.4. The highest BCUT2D eigenvalue weighted by Crippen LogP contribution is 2.43. The molecule has 1 aliphatic rings. The van der Waals surface area contributed by atoms with E-state index >= 15 is 0 Å². The number of aryl methyl sites for hydroxylation is 1. The molecule has 1 aliphatic heterocycles. The van der Waals surface area contributed by atoms with E-state index in [1.807, 2.05) is 6.92 Å². The summed E-state index contributed by atoms with van der Waals surface area (Å²) in [5, 5.41) is 9.04. The van der Waals surface area contributed by atoms with Crippen molar-refractivity contribution < 1.29 is 31.1 Å². The topological polar surface area (TPSA) is 59.0 Å². The number of carbonyl (C=O) groups is 1. The predicted octanol–water partition coefficient (Wildman–Crippen LogP) is 6.12. The van der Waals surface area contributed by atoms with Crippen molar-refractivity contribution in [1.82, 2.24) is 9.78 Å². The first-order valence-corrected chi connectivity index (χ1v) is 9.90. The van der Waals surface area contributed by atoms with Gasteiger partial charge in [0.1, 0.15) is 5.82 Å². The average molecular weight is 468 g/mol. The maximum absolute atomic E-state index is 13.8. The molecule has 0 saturated carbocycles. The first-order chi connectivity index (χ1) is 15.4. The quantitative estimate of drug-likeness (QED) is 0.455. The number of nitrogens with zero attached hydrogens (tertiary/aromatic N) is 2. The normalized spacial score (nSPS) is 18.4. The highest BCUT2D eigenvalue weighted by molar-refractivity contribution is 6.03. The minimum atomic E-state index is -4.62. The van der Waals surface area contributed by atoms with Crippen LogP contribution in [-0.2, 0) is 6.18 Å². The van der Waals surface area contributed by atoms with E-state index in [4.69, 9.17) is 0 Å². The third-order valence-electron chi connectivity index (χ3n) is 5.35. The van der Waals surface area contributed by atoms with Crippen molar-refractivity contribution >= 4 is 17.4 Å². The first-order valence-electron chi connectivity index (χ1n) is 9.90. The minimum Gasteiger partial charge on any atom is -0.363 e. The van der Waals surface area contributed by atoms with Crippen molar-refractivity contribution in [3.05, 3.63) is 77.0 Å². The van der Waals surface area contributed by atoms with Crippen LogP contribution in [0.15, 0.2) is 54.6 Å². The molecule has 0 spiro atoms. The number of anilines is 2. The molecule has 11 heteroatoms. The molecular formula is C22H18F6N4O. The molecule has 0 bridgehead atoms. The zero-order valence-corrected chi connectivity index (χ0v) is 17.1. The number of alkyl halides is 6. The molecule has 33 heavy (non-hydrogen) atoms. The highest BCUT2D eigenvalue weighted by Gasteiger charge is 2.46. The van der Waals surface area contributed by atoms with Crippen LogP contribution >= 0.6 is 0 Å². The lowest BCUT2D eigenvalue weighted by molar-refractivity contribution is -0.173. The number of carbonyl (C=O) groups excluding carboxylic acids is 1. The molecule has 5 nitrogen and oxygen atoms in total. The fourth-order valence-corrected chi connectivity index (χ4v) is 3.67. The Morgan fingerprint density at radius 2 is 1.76 bits per heavy atom. The third-order valence-corrected chi connectivity index (χ3v) is 5.35. The Bertz CT molecular complexity index is 1170. The molecule has 1 amide bonds. The fourth-order valence-electron chi connectivity index (χ4n) is 3.67. The van der Waals surface area contributed by atoms with Gasteiger partial charge in [0.2, 0.25) is 0 Å². The van der Waals surface area contributed by atoms with Crippen molar-refractivity contribution in [1.29, 1.82) is 0 Å². The van der Waals surface area contributed by atoms with Crippen molar-refractivity contribution in [2.24, 2.45) is 0 Å². The predicted molar refractivity (Wildman–Crippen MR) is 109 cm³/mol. The lowest BCUT2D eigenvalue weighted by Gasteiger charge is -2.33. The third kappa shape index (κ3) is 4.81. The summed E-state index contributed by atoms with van der Waals surface area (Å²) in [6.45, 7) is 1.86. The largest absolute Gasteiger partial charge is 0.416 e. The summed E-state index contributed by atoms with van der Waals surface area (Å²) in [6.07, 6.45) is -9.57. The number of hydrogen-bond donors (Lipinski definition) is 2. The molecule has 0 saturated heterocycles. The molecule has 2 N–H and O–H groups in total. The van der Waals surface area contributed by atoms with Gasteiger partial charge < -0.3 is 10.6 Å². The van der Waals surface area contributed by atoms with E-state index in [-0.39, 0.29) is 23.6 Å². The minimum absolute atomic E-state index is 0.0108. The number of hydrogen-bond acceptors (Lipinski definition) is 3. The zero-order chi connectivity index (χ0) is 24.0. The lowest BCUT2D eigenvalue weighted by atomic mass is 9.96. The van der Waals surface area contributed by atoms with Crippen LogP contribution in [0.5, 0.6) is 0 Å². The Labute approximate surface area is 184 Å². The molecule has 0 aliphatic carbocycles. The molecule has 174 valence electrons. The first kappa shape index (κ1) is 22.7. The molecule has 1 aromatic heterocycles. The number of amides is 1. The summed E-state index contributed by atoms with van der Waals surface area (Å²) < 4.78 is 80.8. The standard InChI is InChI=1S/C22H18F6N4O/c1-12-5-7-13(8-6-12)16-10-18(22(26,27)28)32-19(30-16)11-17(31-32)20(33)29-15-4-2-3-14(9-15)21(23,24)25/h2-9,11,16,18,30H,10H2,1H3,(H,29,33)/t16-,18+/m0/s1. The Morgan fingerprint density at radius 1 is 1.06 bits per heavy atom. The van der Waals surface area contributed by atoms with Gasteiger partial charge in [-0.3, -0.25) is 4.79 Å². The Kier molecular flexibility index (Phi) is 5.59. The van der Waals surface area contributed by atoms with Crippen molar-refractivity contribution in [3.63, 3.8) is 0 Å². The SMILES string of the molecule is Cc1ccc([C@@H]2C[C@H](C(F)(F)F)n3nc(C(=O)Nc4cccc(C(F)(F)F)c4)cc3N2)cc1. The average Bonchev–Trinajstić information content (AvgIpc) is 3.17. The van der Waals surface area contributed by atoms with Gasteiger partial charge in [0.25, 0.3) is 5.91 Å². The van der Waals surface area contributed by atoms with E-state index in [0.717, 1.165) is 29.8 Å². The van der Waals surface area contributed by atoms with Gasteiger partial charge in [-0.1, -0.05) is 35.9 Å². The number of rotatable bonds is 3. The van der Waals surface area contributed by atoms with Crippen molar-refractivity contribution in [2.75, 3.05) is 10.6 Å². The molecule has 2 aromatic carbocycles. The Morgan fingerprint density at radius 3 is 2.39 bits per heavy atom. The Balaban J connectivity index is 1.62. The number of halogens is 6. The summed E-state index contributed by atoms with van der Waals surface area (Å²) in [5.74, 6) is -0.936. The van der Waals surface area contributed by atoms with Gasteiger partial charge in [0, 0.05) is 18.2 Å². The molecule has 4 rings (SSSR count). The summed E-state index contributed by atoms with van der Waals surface area (Å²) in [4.78, 5) is 12.6. The van der Waals surface area contributed by atoms with Gasteiger partial charge in [-0.05, 0) is 30.7 Å². The van der Waals surface area contributed by atoms with Gasteiger partial charge in [0.05, 0.1) is 11.6 Å². The zero-order valence-electron chi connectivity index (χ0n) is 17.1.